The molecule has 172 valence electrons. The van der Waals surface area contributed by atoms with Crippen LogP contribution in [0.2, 0.25) is 10.0 Å². The molecule has 1 aromatic carbocycles. The molecular formula is C20H18Cl2F3N3O3S. The molecule has 32 heavy (non-hydrogen) atoms. The molecule has 2 aliphatic heterocycles. The van der Waals surface area contributed by atoms with Gasteiger partial charge < -0.3 is 19.8 Å². The van der Waals surface area contributed by atoms with Gasteiger partial charge in [0.15, 0.2) is 0 Å². The molecule has 0 spiro atoms. The molecule has 0 saturated heterocycles. The van der Waals surface area contributed by atoms with Gasteiger partial charge in [-0.05, 0) is 29.8 Å². The largest absolute Gasteiger partial charge is 0.435 e. The summed E-state index contributed by atoms with van der Waals surface area (Å²) in [6.45, 7) is 1.48. The van der Waals surface area contributed by atoms with Crippen molar-refractivity contribution in [1.82, 2.24) is 10.2 Å². The Kier molecular flexibility index (Phi) is 6.32. The molecule has 1 amide bonds. The van der Waals surface area contributed by atoms with Crippen molar-refractivity contribution in [2.24, 2.45) is 5.16 Å². The quantitative estimate of drug-likeness (QED) is 0.582. The molecule has 3 heterocycles. The first-order chi connectivity index (χ1) is 15.1. The number of benzene rings is 1. The minimum absolute atomic E-state index is 0.0767. The second kappa shape index (κ2) is 8.74. The maximum Gasteiger partial charge on any atom is 0.435 e. The lowest BCUT2D eigenvalue weighted by molar-refractivity contribution is -0.275. The van der Waals surface area contributed by atoms with Gasteiger partial charge in [-0.3, -0.25) is 4.79 Å². The van der Waals surface area contributed by atoms with E-state index in [1.807, 2.05) is 0 Å². The van der Waals surface area contributed by atoms with Crippen LogP contribution in [0.3, 0.4) is 0 Å². The Morgan fingerprint density at radius 3 is 2.62 bits per heavy atom. The number of oxime groups is 1. The number of hydrogen-bond donors (Lipinski definition) is 1. The molecule has 2 aliphatic rings. The number of hydrogen-bond acceptors (Lipinski definition) is 6. The molecule has 12 heteroatoms. The number of halogens is 5. The highest BCUT2D eigenvalue weighted by atomic mass is 35.5. The van der Waals surface area contributed by atoms with E-state index in [9.17, 15) is 18.0 Å². The average Bonchev–Trinajstić information content (AvgIpc) is 3.40. The third-order valence-electron chi connectivity index (χ3n) is 5.27. The van der Waals surface area contributed by atoms with Gasteiger partial charge in [-0.1, -0.05) is 28.4 Å². The lowest BCUT2D eigenvalue weighted by Gasteiger charge is -2.30. The number of nitrogens with zero attached hydrogens (tertiary/aromatic N) is 2. The Hall–Kier alpha value is -2.01. The Morgan fingerprint density at radius 2 is 2.00 bits per heavy atom. The zero-order chi connectivity index (χ0) is 23.1. The summed E-state index contributed by atoms with van der Waals surface area (Å²) in [5, 5.41) is 6.70. The summed E-state index contributed by atoms with van der Waals surface area (Å²) in [5.74, 6) is -0.0311. The van der Waals surface area contributed by atoms with E-state index in [1.165, 1.54) is 29.5 Å². The van der Waals surface area contributed by atoms with Crippen LogP contribution in [0.4, 0.5) is 13.2 Å². The zero-order valence-electron chi connectivity index (χ0n) is 16.8. The SMILES string of the molecule is COCCNC(=O)c1cc2c(s1)CN(C1=NOC(c3cc(Cl)cc(Cl)c3)(C(F)(F)F)C1)C2. The number of ether oxygens (including phenoxy) is 1. The van der Waals surface area contributed by atoms with Crippen LogP contribution in [0.1, 0.15) is 32.1 Å². The number of amidine groups is 1. The highest BCUT2D eigenvalue weighted by Gasteiger charge is 2.63. The van der Waals surface area contributed by atoms with Crippen molar-refractivity contribution in [2.45, 2.75) is 31.3 Å². The van der Waals surface area contributed by atoms with Crippen LogP contribution in [0.5, 0.6) is 0 Å². The Morgan fingerprint density at radius 1 is 1.28 bits per heavy atom. The number of amides is 1. The van der Waals surface area contributed by atoms with Gasteiger partial charge in [0.2, 0.25) is 0 Å². The van der Waals surface area contributed by atoms with Gasteiger partial charge in [-0.25, -0.2) is 0 Å². The van der Waals surface area contributed by atoms with Crippen LogP contribution in [-0.2, 0) is 28.3 Å². The van der Waals surface area contributed by atoms with Gasteiger partial charge in [0, 0.05) is 40.7 Å². The van der Waals surface area contributed by atoms with E-state index in [0.717, 1.165) is 10.4 Å². The topological polar surface area (TPSA) is 63.2 Å². The maximum atomic E-state index is 14.1. The van der Waals surface area contributed by atoms with Gasteiger partial charge in [0.1, 0.15) is 5.84 Å². The summed E-state index contributed by atoms with van der Waals surface area (Å²) in [5.41, 5.74) is -1.99. The molecule has 2 aromatic rings. The first-order valence-electron chi connectivity index (χ1n) is 9.55. The van der Waals surface area contributed by atoms with Crippen LogP contribution >= 0.6 is 34.5 Å². The Labute approximate surface area is 195 Å². The van der Waals surface area contributed by atoms with E-state index >= 15 is 0 Å². The molecule has 1 unspecified atom stereocenters. The number of carbonyl (C=O) groups excluding carboxylic acids is 1. The van der Waals surface area contributed by atoms with Crippen molar-refractivity contribution in [3.8, 4) is 0 Å². The first-order valence-corrected chi connectivity index (χ1v) is 11.1. The maximum absolute atomic E-state index is 14.1. The minimum atomic E-state index is -4.75. The van der Waals surface area contributed by atoms with E-state index in [-0.39, 0.29) is 27.4 Å². The van der Waals surface area contributed by atoms with E-state index in [1.54, 1.807) is 18.1 Å². The van der Waals surface area contributed by atoms with Crippen molar-refractivity contribution in [2.75, 3.05) is 20.3 Å². The standard InChI is InChI=1S/C20H18Cl2F3N3O3S/c1-30-3-2-26-18(29)15-4-11-9-28(10-16(11)32-15)17-8-19(31-27-17,20(23,24)25)12-5-13(21)7-14(22)6-12/h4-7H,2-3,8-10H2,1H3,(H,26,29). The summed E-state index contributed by atoms with van der Waals surface area (Å²) < 4.78 is 47.3. The van der Waals surface area contributed by atoms with E-state index in [2.05, 4.69) is 10.5 Å². The Balaban J connectivity index is 1.49. The molecule has 0 fully saturated rings. The molecule has 4 rings (SSSR count). The second-order valence-corrected chi connectivity index (χ2v) is 9.43. The van der Waals surface area contributed by atoms with Crippen molar-refractivity contribution < 1.29 is 27.5 Å². The molecule has 0 saturated carbocycles. The van der Waals surface area contributed by atoms with E-state index in [4.69, 9.17) is 32.8 Å². The van der Waals surface area contributed by atoms with Crippen LogP contribution < -0.4 is 5.32 Å². The molecule has 0 radical (unpaired) electrons. The molecule has 6 nitrogen and oxygen atoms in total. The minimum Gasteiger partial charge on any atom is -0.383 e. The molecule has 0 bridgehead atoms. The second-order valence-electron chi connectivity index (χ2n) is 7.42. The summed E-state index contributed by atoms with van der Waals surface area (Å²) in [4.78, 5) is 20.4. The van der Waals surface area contributed by atoms with Gasteiger partial charge in [-0.15, -0.1) is 11.3 Å². The zero-order valence-corrected chi connectivity index (χ0v) is 19.1. The monoisotopic (exact) mass is 507 g/mol. The molecule has 1 N–H and O–H groups in total. The fourth-order valence-corrected chi connectivity index (χ4v) is 5.29. The van der Waals surface area contributed by atoms with E-state index in [0.29, 0.717) is 31.1 Å². The number of methoxy groups -OCH3 is 1. The fourth-order valence-electron chi connectivity index (χ4n) is 3.66. The Bertz CT molecular complexity index is 1030. The number of rotatable bonds is 5. The molecule has 1 aromatic heterocycles. The summed E-state index contributed by atoms with van der Waals surface area (Å²) in [6.07, 6.45) is -5.25. The van der Waals surface area contributed by atoms with Gasteiger partial charge in [0.25, 0.3) is 11.5 Å². The van der Waals surface area contributed by atoms with Crippen LogP contribution in [0.25, 0.3) is 0 Å². The summed E-state index contributed by atoms with van der Waals surface area (Å²) in [6, 6.07) is 5.49. The highest BCUT2D eigenvalue weighted by molar-refractivity contribution is 7.14. The smallest absolute Gasteiger partial charge is 0.383 e. The predicted molar refractivity (Wildman–Crippen MR) is 115 cm³/mol. The normalized spacial score (nSPS) is 20.2. The first kappa shape index (κ1) is 23.2. The number of alkyl halides is 3. The summed E-state index contributed by atoms with van der Waals surface area (Å²) >= 11 is 13.2. The van der Waals surface area contributed by atoms with Crippen LogP contribution in [0, 0.1) is 0 Å². The van der Waals surface area contributed by atoms with E-state index < -0.39 is 18.2 Å². The summed E-state index contributed by atoms with van der Waals surface area (Å²) in [7, 11) is 1.55. The van der Waals surface area contributed by atoms with Crippen LogP contribution in [-0.4, -0.2) is 43.1 Å². The fraction of sp³-hybridized carbons (Fsp3) is 0.400. The lowest BCUT2D eigenvalue weighted by atomic mass is 9.89. The van der Waals surface area contributed by atoms with Crippen LogP contribution in [0.15, 0.2) is 29.4 Å². The lowest BCUT2D eigenvalue weighted by Crippen LogP contribution is -2.43. The molecular weight excluding hydrogens is 490 g/mol. The van der Waals surface area contributed by atoms with Gasteiger partial charge >= 0.3 is 6.18 Å². The highest BCUT2D eigenvalue weighted by Crippen LogP contribution is 2.50. The number of fused-ring (bicyclic) bond motifs is 1. The van der Waals surface area contributed by atoms with Crippen molar-refractivity contribution in [3.05, 3.63) is 55.2 Å². The number of nitrogens with one attached hydrogen (secondary N) is 1. The third kappa shape index (κ3) is 4.28. The van der Waals surface area contributed by atoms with Gasteiger partial charge in [0.05, 0.1) is 24.4 Å². The predicted octanol–water partition coefficient (Wildman–Crippen LogP) is 4.94. The number of thiophene rings is 1. The average molecular weight is 508 g/mol. The molecule has 0 aliphatic carbocycles. The van der Waals surface area contributed by atoms with Crippen molar-refractivity contribution in [1.29, 1.82) is 0 Å². The molecule has 1 atom stereocenters. The third-order valence-corrected chi connectivity index (χ3v) is 6.87. The van der Waals surface area contributed by atoms with Crippen molar-refractivity contribution in [3.63, 3.8) is 0 Å². The number of carbonyl (C=O) groups is 1. The van der Waals surface area contributed by atoms with Crippen molar-refractivity contribution >= 4 is 46.3 Å². The van der Waals surface area contributed by atoms with Gasteiger partial charge in [-0.2, -0.15) is 13.2 Å².